The lowest BCUT2D eigenvalue weighted by Gasteiger charge is -2.21. The van der Waals surface area contributed by atoms with Crippen LogP contribution in [0.2, 0.25) is 0 Å². The summed E-state index contributed by atoms with van der Waals surface area (Å²) < 4.78 is 10.7. The molecule has 0 saturated carbocycles. The molecule has 29 heavy (non-hydrogen) atoms. The molecule has 3 rings (SSSR count). The SMILES string of the molecule is CCN(Cc1ccc(OC)c(OC)c1)C(=O)CSc1ncnc2sc(C)c(C)c12. The minimum atomic E-state index is 0.0728. The van der Waals surface area contributed by atoms with Crippen molar-refractivity contribution in [3.8, 4) is 11.5 Å². The molecule has 0 radical (unpaired) electrons. The summed E-state index contributed by atoms with van der Waals surface area (Å²) in [4.78, 5) is 25.7. The zero-order valence-electron chi connectivity index (χ0n) is 17.3. The van der Waals surface area contributed by atoms with Crippen LogP contribution < -0.4 is 9.47 Å². The first kappa shape index (κ1) is 21.4. The number of amides is 1. The normalized spacial score (nSPS) is 10.9. The molecule has 6 nitrogen and oxygen atoms in total. The Morgan fingerprint density at radius 1 is 1.17 bits per heavy atom. The van der Waals surface area contributed by atoms with Gasteiger partial charge in [0.25, 0.3) is 0 Å². The summed E-state index contributed by atoms with van der Waals surface area (Å²) in [5.41, 5.74) is 2.19. The maximum absolute atomic E-state index is 12.9. The van der Waals surface area contributed by atoms with Gasteiger partial charge in [0, 0.05) is 23.4 Å². The number of fused-ring (bicyclic) bond motifs is 1. The number of benzene rings is 1. The molecule has 0 spiro atoms. The molecule has 0 N–H and O–H groups in total. The number of aromatic nitrogens is 2. The van der Waals surface area contributed by atoms with Gasteiger partial charge in [-0.05, 0) is 44.0 Å². The van der Waals surface area contributed by atoms with E-state index >= 15 is 0 Å². The molecule has 2 heterocycles. The Kier molecular flexibility index (Phi) is 6.97. The van der Waals surface area contributed by atoms with E-state index in [4.69, 9.17) is 9.47 Å². The van der Waals surface area contributed by atoms with Crippen LogP contribution in [0.4, 0.5) is 0 Å². The predicted molar refractivity (Wildman–Crippen MR) is 118 cm³/mol. The van der Waals surface area contributed by atoms with Gasteiger partial charge in [-0.25, -0.2) is 9.97 Å². The average Bonchev–Trinajstić information content (AvgIpc) is 3.04. The Balaban J connectivity index is 1.71. The number of rotatable bonds is 8. The zero-order valence-corrected chi connectivity index (χ0v) is 18.9. The van der Waals surface area contributed by atoms with E-state index in [1.165, 1.54) is 22.2 Å². The molecule has 0 unspecified atom stereocenters. The lowest BCUT2D eigenvalue weighted by Crippen LogP contribution is -2.31. The molecular weight excluding hydrogens is 406 g/mol. The topological polar surface area (TPSA) is 64.6 Å². The third kappa shape index (κ3) is 4.64. The summed E-state index contributed by atoms with van der Waals surface area (Å²) in [5, 5.41) is 1.93. The van der Waals surface area contributed by atoms with Crippen LogP contribution in [0.25, 0.3) is 10.2 Å². The van der Waals surface area contributed by atoms with E-state index in [0.29, 0.717) is 30.3 Å². The van der Waals surface area contributed by atoms with Crippen molar-refractivity contribution in [1.29, 1.82) is 0 Å². The molecule has 3 aromatic rings. The lowest BCUT2D eigenvalue weighted by molar-refractivity contribution is -0.128. The van der Waals surface area contributed by atoms with Crippen molar-refractivity contribution in [3.05, 3.63) is 40.5 Å². The van der Waals surface area contributed by atoms with Crippen LogP contribution in [0, 0.1) is 13.8 Å². The summed E-state index contributed by atoms with van der Waals surface area (Å²) in [6.45, 7) is 7.30. The van der Waals surface area contributed by atoms with Crippen molar-refractivity contribution in [2.75, 3.05) is 26.5 Å². The zero-order chi connectivity index (χ0) is 21.0. The Hall–Kier alpha value is -2.32. The highest BCUT2D eigenvalue weighted by molar-refractivity contribution is 8.00. The highest BCUT2D eigenvalue weighted by Crippen LogP contribution is 2.34. The van der Waals surface area contributed by atoms with Gasteiger partial charge >= 0.3 is 0 Å². The van der Waals surface area contributed by atoms with Gasteiger partial charge in [-0.15, -0.1) is 11.3 Å². The lowest BCUT2D eigenvalue weighted by atomic mass is 10.2. The van der Waals surface area contributed by atoms with Gasteiger partial charge in [-0.3, -0.25) is 4.79 Å². The van der Waals surface area contributed by atoms with Gasteiger partial charge < -0.3 is 14.4 Å². The molecule has 1 aromatic carbocycles. The van der Waals surface area contributed by atoms with Gasteiger partial charge in [-0.2, -0.15) is 0 Å². The van der Waals surface area contributed by atoms with Gasteiger partial charge in [0.1, 0.15) is 16.2 Å². The number of thioether (sulfide) groups is 1. The van der Waals surface area contributed by atoms with Crippen LogP contribution in [-0.4, -0.2) is 47.3 Å². The molecule has 8 heteroatoms. The molecule has 1 amide bonds. The first-order chi connectivity index (χ1) is 14.0. The number of carbonyl (C=O) groups is 1. The van der Waals surface area contributed by atoms with E-state index in [2.05, 4.69) is 23.8 Å². The third-order valence-corrected chi connectivity index (χ3v) is 6.91. The number of carbonyl (C=O) groups excluding carboxylic acids is 1. The molecule has 0 fully saturated rings. The maximum atomic E-state index is 12.9. The molecular formula is C21H25N3O3S2. The van der Waals surface area contributed by atoms with Crippen LogP contribution >= 0.6 is 23.1 Å². The number of aryl methyl sites for hydroxylation is 2. The van der Waals surface area contributed by atoms with E-state index in [1.807, 2.05) is 30.0 Å². The van der Waals surface area contributed by atoms with E-state index < -0.39 is 0 Å². The second-order valence-corrected chi connectivity index (χ2v) is 8.70. The first-order valence-electron chi connectivity index (χ1n) is 9.30. The van der Waals surface area contributed by atoms with Crippen LogP contribution in [0.3, 0.4) is 0 Å². The van der Waals surface area contributed by atoms with E-state index in [-0.39, 0.29) is 5.91 Å². The van der Waals surface area contributed by atoms with Gasteiger partial charge in [0.05, 0.1) is 20.0 Å². The fourth-order valence-electron chi connectivity index (χ4n) is 3.06. The molecule has 0 aliphatic heterocycles. The standard InChI is InChI=1S/C21H25N3O3S2/c1-6-24(10-15-7-8-16(26-4)17(9-15)27-5)18(25)11-28-20-19-13(2)14(3)29-21(19)23-12-22-20/h7-9,12H,6,10-11H2,1-5H3. The second-order valence-electron chi connectivity index (χ2n) is 6.53. The fourth-order valence-corrected chi connectivity index (χ4v) is 5.08. The van der Waals surface area contributed by atoms with Gasteiger partial charge in [-0.1, -0.05) is 17.8 Å². The average molecular weight is 432 g/mol. The molecule has 0 aliphatic carbocycles. The van der Waals surface area contributed by atoms with Crippen molar-refractivity contribution in [3.63, 3.8) is 0 Å². The summed E-state index contributed by atoms with van der Waals surface area (Å²) in [7, 11) is 3.22. The monoisotopic (exact) mass is 431 g/mol. The number of ether oxygens (including phenoxy) is 2. The van der Waals surface area contributed by atoms with Crippen LogP contribution in [0.1, 0.15) is 22.9 Å². The van der Waals surface area contributed by atoms with Crippen molar-refractivity contribution in [2.45, 2.75) is 32.3 Å². The highest BCUT2D eigenvalue weighted by Gasteiger charge is 2.17. The van der Waals surface area contributed by atoms with Crippen LogP contribution in [-0.2, 0) is 11.3 Å². The Morgan fingerprint density at radius 2 is 1.93 bits per heavy atom. The fraction of sp³-hybridized carbons (Fsp3) is 0.381. The van der Waals surface area contributed by atoms with Crippen LogP contribution in [0.5, 0.6) is 11.5 Å². The quantitative estimate of drug-likeness (QED) is 0.387. The van der Waals surface area contributed by atoms with Gasteiger partial charge in [0.15, 0.2) is 11.5 Å². The summed E-state index contributed by atoms with van der Waals surface area (Å²) in [6, 6.07) is 5.73. The number of nitrogens with zero attached hydrogens (tertiary/aromatic N) is 3. The molecule has 0 aliphatic rings. The molecule has 0 atom stereocenters. The van der Waals surface area contributed by atoms with E-state index in [9.17, 15) is 4.79 Å². The second kappa shape index (κ2) is 9.45. The first-order valence-corrected chi connectivity index (χ1v) is 11.1. The third-order valence-electron chi connectivity index (χ3n) is 4.82. The molecule has 154 valence electrons. The maximum Gasteiger partial charge on any atom is 0.233 e. The number of hydrogen-bond donors (Lipinski definition) is 0. The van der Waals surface area contributed by atoms with E-state index in [1.54, 1.807) is 31.9 Å². The Labute approximate surface area is 179 Å². The molecule has 0 saturated heterocycles. The van der Waals surface area contributed by atoms with Crippen LogP contribution in [0.15, 0.2) is 29.6 Å². The minimum absolute atomic E-state index is 0.0728. The number of methoxy groups -OCH3 is 2. The number of thiophene rings is 1. The van der Waals surface area contributed by atoms with Crippen molar-refractivity contribution >= 4 is 39.2 Å². The highest BCUT2D eigenvalue weighted by atomic mass is 32.2. The predicted octanol–water partition coefficient (Wildman–Crippen LogP) is 4.47. The largest absolute Gasteiger partial charge is 0.493 e. The van der Waals surface area contributed by atoms with E-state index in [0.717, 1.165) is 20.8 Å². The minimum Gasteiger partial charge on any atom is -0.493 e. The Bertz CT molecular complexity index is 1020. The number of hydrogen-bond acceptors (Lipinski definition) is 7. The summed E-state index contributed by atoms with van der Waals surface area (Å²) >= 11 is 3.14. The van der Waals surface area contributed by atoms with Crippen molar-refractivity contribution in [2.24, 2.45) is 0 Å². The molecule has 2 aromatic heterocycles. The summed E-state index contributed by atoms with van der Waals surface area (Å²) in [6.07, 6.45) is 1.58. The van der Waals surface area contributed by atoms with Gasteiger partial charge in [0.2, 0.25) is 5.91 Å². The Morgan fingerprint density at radius 3 is 2.62 bits per heavy atom. The summed E-state index contributed by atoms with van der Waals surface area (Å²) in [5.74, 6) is 1.75. The molecule has 0 bridgehead atoms. The van der Waals surface area contributed by atoms with Crippen molar-refractivity contribution < 1.29 is 14.3 Å². The smallest absolute Gasteiger partial charge is 0.233 e. The van der Waals surface area contributed by atoms with Crippen molar-refractivity contribution in [1.82, 2.24) is 14.9 Å².